The first-order valence-corrected chi connectivity index (χ1v) is 9.51. The minimum Gasteiger partial charge on any atom is -0.495 e. The third-order valence-corrected chi connectivity index (χ3v) is 5.85. The number of sulfonamides is 1. The normalized spacial score (nSPS) is 24.4. The molecule has 0 bridgehead atoms. The number of methoxy groups -OCH3 is 1. The predicted molar refractivity (Wildman–Crippen MR) is 95.5 cm³/mol. The minimum absolute atomic E-state index is 0.0139. The minimum atomic E-state index is -3.65. The second-order valence-corrected chi connectivity index (χ2v) is 8.06. The van der Waals surface area contributed by atoms with E-state index in [2.05, 4.69) is 23.2 Å². The van der Waals surface area contributed by atoms with Crippen LogP contribution in [-0.4, -0.2) is 20.5 Å². The fourth-order valence-corrected chi connectivity index (χ4v) is 3.93. The van der Waals surface area contributed by atoms with E-state index in [4.69, 9.17) is 9.88 Å². The van der Waals surface area contributed by atoms with Gasteiger partial charge >= 0.3 is 0 Å². The van der Waals surface area contributed by atoms with E-state index in [1.807, 2.05) is 24.3 Å². The maximum atomic E-state index is 11.4. The molecule has 0 saturated heterocycles. The van der Waals surface area contributed by atoms with Gasteiger partial charge in [-0.2, -0.15) is 0 Å². The summed E-state index contributed by atoms with van der Waals surface area (Å²) in [6, 6.07) is 10.7. The van der Waals surface area contributed by atoms with Crippen LogP contribution in [0.15, 0.2) is 65.7 Å². The number of benzene rings is 1. The van der Waals surface area contributed by atoms with E-state index >= 15 is 0 Å². The molecule has 4 rings (SSSR count). The first-order chi connectivity index (χ1) is 11.9. The van der Waals surface area contributed by atoms with E-state index in [-0.39, 0.29) is 10.3 Å². The zero-order chi connectivity index (χ0) is 17.7. The van der Waals surface area contributed by atoms with Crippen molar-refractivity contribution in [3.63, 3.8) is 0 Å². The number of allylic oxidation sites excluding steroid dienone is 4. The lowest BCUT2D eigenvalue weighted by molar-refractivity contribution is 0.413. The van der Waals surface area contributed by atoms with Crippen molar-refractivity contribution in [3.05, 3.63) is 72.1 Å². The quantitative estimate of drug-likeness (QED) is 0.915. The van der Waals surface area contributed by atoms with E-state index in [0.717, 1.165) is 29.0 Å². The van der Waals surface area contributed by atoms with Crippen molar-refractivity contribution in [1.29, 1.82) is 0 Å². The van der Waals surface area contributed by atoms with Gasteiger partial charge in [-0.05, 0) is 47.7 Å². The highest BCUT2D eigenvalue weighted by atomic mass is 32.2. The maximum absolute atomic E-state index is 11.4. The molecule has 6 heteroatoms. The molecule has 2 aliphatic rings. The third kappa shape index (κ3) is 2.88. The van der Waals surface area contributed by atoms with Gasteiger partial charge in [-0.1, -0.05) is 30.4 Å². The molecule has 1 aromatic carbocycles. The zero-order valence-corrected chi connectivity index (χ0v) is 14.5. The smallest absolute Gasteiger partial charge is 0.238 e. The fourth-order valence-electron chi connectivity index (χ4n) is 3.42. The van der Waals surface area contributed by atoms with Crippen LogP contribution in [0.1, 0.15) is 23.6 Å². The van der Waals surface area contributed by atoms with Gasteiger partial charge in [0.15, 0.2) is 0 Å². The van der Waals surface area contributed by atoms with Gasteiger partial charge in [0.1, 0.15) is 5.75 Å². The Hall–Kier alpha value is -2.44. The van der Waals surface area contributed by atoms with Crippen molar-refractivity contribution in [3.8, 4) is 5.75 Å². The Morgan fingerprint density at radius 1 is 1.20 bits per heavy atom. The molecule has 1 spiro atoms. The summed E-state index contributed by atoms with van der Waals surface area (Å²) in [5.74, 6) is 1.09. The number of rotatable bonds is 4. The Bertz CT molecular complexity index is 976. The number of primary sulfonamides is 1. The highest BCUT2D eigenvalue weighted by molar-refractivity contribution is 7.89. The topological polar surface area (TPSA) is 82.3 Å². The van der Waals surface area contributed by atoms with Gasteiger partial charge in [0, 0.05) is 5.41 Å². The van der Waals surface area contributed by atoms with E-state index in [9.17, 15) is 8.42 Å². The molecule has 25 heavy (non-hydrogen) atoms. The monoisotopic (exact) mass is 354 g/mol. The molecule has 0 amide bonds. The zero-order valence-electron chi connectivity index (χ0n) is 13.7. The molecule has 1 fully saturated rings. The molecule has 2 atom stereocenters. The molecular formula is C19H18N2O3S. The van der Waals surface area contributed by atoms with Crippen molar-refractivity contribution in [2.45, 2.75) is 17.2 Å². The summed E-state index contributed by atoms with van der Waals surface area (Å²) in [7, 11) is -2.03. The Morgan fingerprint density at radius 2 is 1.96 bits per heavy atom. The summed E-state index contributed by atoms with van der Waals surface area (Å²) >= 11 is 0. The number of ether oxygens (including phenoxy) is 1. The van der Waals surface area contributed by atoms with Crippen LogP contribution >= 0.6 is 0 Å². The average Bonchev–Trinajstić information content (AvgIpc) is 3.14. The van der Waals surface area contributed by atoms with Crippen LogP contribution in [0.3, 0.4) is 0 Å². The van der Waals surface area contributed by atoms with Crippen LogP contribution in [0.5, 0.6) is 5.75 Å². The van der Waals surface area contributed by atoms with Gasteiger partial charge in [0.05, 0.1) is 23.9 Å². The number of pyridine rings is 1. The molecule has 1 heterocycles. The molecule has 1 saturated carbocycles. The van der Waals surface area contributed by atoms with Gasteiger partial charge < -0.3 is 4.74 Å². The van der Waals surface area contributed by atoms with Gasteiger partial charge in [-0.15, -0.1) is 0 Å². The SMILES string of the molecule is COc1ccc(C2=CC3(C=C2)CC3c2ccc(S(N)(=O)=O)cc2)nc1. The van der Waals surface area contributed by atoms with Gasteiger partial charge in [-0.3, -0.25) is 4.98 Å². The van der Waals surface area contributed by atoms with E-state index in [1.165, 1.54) is 0 Å². The number of nitrogens with two attached hydrogens (primary N) is 1. The van der Waals surface area contributed by atoms with Crippen LogP contribution in [-0.2, 0) is 10.0 Å². The van der Waals surface area contributed by atoms with E-state index in [0.29, 0.717) is 5.92 Å². The Labute approximate surface area is 146 Å². The largest absolute Gasteiger partial charge is 0.495 e. The van der Waals surface area contributed by atoms with Crippen molar-refractivity contribution in [2.75, 3.05) is 7.11 Å². The first kappa shape index (κ1) is 16.1. The molecule has 5 nitrogen and oxygen atoms in total. The van der Waals surface area contributed by atoms with Crippen LogP contribution in [0.2, 0.25) is 0 Å². The molecule has 1 aromatic heterocycles. The predicted octanol–water partition coefficient (Wildman–Crippen LogP) is 2.86. The third-order valence-electron chi connectivity index (χ3n) is 4.92. The molecule has 2 aromatic rings. The van der Waals surface area contributed by atoms with Crippen LogP contribution in [0.25, 0.3) is 5.57 Å². The Balaban J connectivity index is 1.55. The lowest BCUT2D eigenvalue weighted by Gasteiger charge is -2.06. The van der Waals surface area contributed by atoms with E-state index in [1.54, 1.807) is 25.4 Å². The Kier molecular flexibility index (Phi) is 3.56. The maximum Gasteiger partial charge on any atom is 0.238 e. The van der Waals surface area contributed by atoms with Crippen molar-refractivity contribution in [2.24, 2.45) is 10.6 Å². The second kappa shape index (κ2) is 5.54. The lowest BCUT2D eigenvalue weighted by atomic mass is 10.0. The summed E-state index contributed by atoms with van der Waals surface area (Å²) < 4.78 is 27.9. The van der Waals surface area contributed by atoms with Crippen molar-refractivity contribution < 1.29 is 13.2 Å². The molecule has 2 aliphatic carbocycles. The van der Waals surface area contributed by atoms with Crippen LogP contribution in [0.4, 0.5) is 0 Å². The first-order valence-electron chi connectivity index (χ1n) is 7.97. The average molecular weight is 354 g/mol. The highest BCUT2D eigenvalue weighted by Crippen LogP contribution is 2.64. The van der Waals surface area contributed by atoms with Gasteiger partial charge in [0.25, 0.3) is 0 Å². The van der Waals surface area contributed by atoms with Gasteiger partial charge in [0.2, 0.25) is 10.0 Å². The van der Waals surface area contributed by atoms with Crippen molar-refractivity contribution >= 4 is 15.6 Å². The molecule has 2 N–H and O–H groups in total. The van der Waals surface area contributed by atoms with E-state index < -0.39 is 10.0 Å². The molecule has 0 radical (unpaired) electrons. The van der Waals surface area contributed by atoms with Crippen LogP contribution in [0, 0.1) is 5.41 Å². The van der Waals surface area contributed by atoms with Gasteiger partial charge in [-0.25, -0.2) is 13.6 Å². The summed E-state index contributed by atoms with van der Waals surface area (Å²) in [6.07, 6.45) is 9.29. The fraction of sp³-hybridized carbons (Fsp3) is 0.211. The molecule has 2 unspecified atom stereocenters. The van der Waals surface area contributed by atoms with Crippen LogP contribution < -0.4 is 9.88 Å². The molecule has 0 aliphatic heterocycles. The second-order valence-electron chi connectivity index (χ2n) is 6.50. The summed E-state index contributed by atoms with van der Waals surface area (Å²) in [5, 5.41) is 5.15. The number of hydrogen-bond donors (Lipinski definition) is 1. The number of hydrogen-bond acceptors (Lipinski definition) is 4. The highest BCUT2D eigenvalue weighted by Gasteiger charge is 2.52. The Morgan fingerprint density at radius 3 is 2.56 bits per heavy atom. The van der Waals surface area contributed by atoms with Crippen molar-refractivity contribution in [1.82, 2.24) is 4.98 Å². The summed E-state index contributed by atoms with van der Waals surface area (Å²) in [5.41, 5.74) is 3.16. The summed E-state index contributed by atoms with van der Waals surface area (Å²) in [4.78, 5) is 4.58. The molecular weight excluding hydrogens is 336 g/mol. The lowest BCUT2D eigenvalue weighted by Crippen LogP contribution is -2.11. The standard InChI is InChI=1S/C19H18N2O3S/c1-24-15-4-7-18(21-12-15)14-8-9-19(10-14)11-17(19)13-2-5-16(6-3-13)25(20,22)23/h2-10,12,17H,11H2,1H3,(H2,20,22,23). The summed E-state index contributed by atoms with van der Waals surface area (Å²) in [6.45, 7) is 0. The number of nitrogens with zero attached hydrogens (tertiary/aromatic N) is 1. The number of aromatic nitrogens is 1. The molecule has 128 valence electrons.